The van der Waals surface area contributed by atoms with E-state index >= 15 is 0 Å². The predicted octanol–water partition coefficient (Wildman–Crippen LogP) is 4.94. The molecule has 0 radical (unpaired) electrons. The molecule has 0 aliphatic carbocycles. The van der Waals surface area contributed by atoms with Crippen LogP contribution in [0.1, 0.15) is 15.9 Å². The molecule has 1 heterocycles. The molecule has 2 N–H and O–H groups in total. The molecule has 0 atom stereocenters. The number of thioether (sulfide) groups is 1. The molecule has 1 aromatic heterocycles. The molecule has 176 valence electrons. The second kappa shape index (κ2) is 10.6. The number of aryl methyl sites for hydroxylation is 1. The van der Waals surface area contributed by atoms with E-state index in [1.165, 1.54) is 24.3 Å². The molecule has 0 aliphatic rings. The highest BCUT2D eigenvalue weighted by atomic mass is 32.2. The molecule has 0 bridgehead atoms. The number of aromatic nitrogens is 2. The number of carbonyl (C=O) groups is 2. The highest BCUT2D eigenvalue weighted by Crippen LogP contribution is 2.26. The molecular weight excluding hydrogens is 470 g/mol. The van der Waals surface area contributed by atoms with E-state index in [2.05, 4.69) is 20.8 Å². The lowest BCUT2D eigenvalue weighted by atomic mass is 10.1. The number of benzene rings is 3. The van der Waals surface area contributed by atoms with E-state index in [4.69, 9.17) is 4.42 Å². The Balaban J connectivity index is 1.34. The van der Waals surface area contributed by atoms with E-state index in [0.717, 1.165) is 17.3 Å². The minimum Gasteiger partial charge on any atom is -0.411 e. The molecule has 4 rings (SSSR count). The van der Waals surface area contributed by atoms with Gasteiger partial charge in [0.15, 0.2) is 0 Å². The summed E-state index contributed by atoms with van der Waals surface area (Å²) in [4.78, 5) is 35.2. The maximum absolute atomic E-state index is 12.5. The van der Waals surface area contributed by atoms with Crippen LogP contribution in [-0.2, 0) is 4.79 Å². The van der Waals surface area contributed by atoms with Crippen LogP contribution in [0.5, 0.6) is 0 Å². The summed E-state index contributed by atoms with van der Waals surface area (Å²) in [5, 5.41) is 24.4. The molecule has 4 aromatic rings. The molecule has 2 amide bonds. The predicted molar refractivity (Wildman–Crippen MR) is 131 cm³/mol. The van der Waals surface area contributed by atoms with Crippen molar-refractivity contribution in [2.45, 2.75) is 12.1 Å². The first-order valence-corrected chi connectivity index (χ1v) is 11.4. The number of nitro groups is 1. The summed E-state index contributed by atoms with van der Waals surface area (Å²) in [6.45, 7) is 1.86. The zero-order valence-electron chi connectivity index (χ0n) is 18.4. The van der Waals surface area contributed by atoms with Gasteiger partial charge in [0, 0.05) is 34.6 Å². The number of anilines is 2. The van der Waals surface area contributed by atoms with Crippen molar-refractivity contribution in [1.82, 2.24) is 10.2 Å². The minimum atomic E-state index is -0.494. The standard InChI is InChI=1S/C24H19N5O5S/c1-15-7-10-18(13-20(15)26-22(31)16-5-3-2-4-6-16)25-21(30)14-35-24-28-27-23(34-24)17-8-11-19(12-9-17)29(32)33/h2-13H,14H2,1H3,(H,25,30)(H,26,31). The third-order valence-corrected chi connectivity index (χ3v) is 5.68. The first kappa shape index (κ1) is 23.6. The Hall–Kier alpha value is -4.51. The van der Waals surface area contributed by atoms with Crippen molar-refractivity contribution >= 4 is 40.6 Å². The minimum absolute atomic E-state index is 0.0154. The SMILES string of the molecule is Cc1ccc(NC(=O)CSc2nnc(-c3ccc([N+](=O)[O-])cc3)o2)cc1NC(=O)c1ccccc1. The number of non-ortho nitro benzene ring substituents is 1. The van der Waals surface area contributed by atoms with Gasteiger partial charge in [-0.05, 0) is 48.9 Å². The maximum atomic E-state index is 12.5. The van der Waals surface area contributed by atoms with E-state index in [-0.39, 0.29) is 34.4 Å². The molecule has 0 aliphatic heterocycles. The summed E-state index contributed by atoms with van der Waals surface area (Å²) in [6.07, 6.45) is 0. The third-order valence-electron chi connectivity index (χ3n) is 4.86. The lowest BCUT2D eigenvalue weighted by Crippen LogP contribution is -2.15. The van der Waals surface area contributed by atoms with Crippen LogP contribution in [0.4, 0.5) is 17.1 Å². The zero-order chi connectivity index (χ0) is 24.8. The van der Waals surface area contributed by atoms with Gasteiger partial charge in [-0.3, -0.25) is 19.7 Å². The van der Waals surface area contributed by atoms with Crippen LogP contribution in [0.3, 0.4) is 0 Å². The van der Waals surface area contributed by atoms with E-state index in [1.54, 1.807) is 42.5 Å². The normalized spacial score (nSPS) is 10.5. The van der Waals surface area contributed by atoms with Crippen molar-refractivity contribution in [3.05, 3.63) is 94.0 Å². The fraction of sp³-hybridized carbons (Fsp3) is 0.0833. The van der Waals surface area contributed by atoms with Crippen LogP contribution in [0.15, 0.2) is 82.4 Å². The number of carbonyl (C=O) groups excluding carboxylic acids is 2. The smallest absolute Gasteiger partial charge is 0.277 e. The van der Waals surface area contributed by atoms with Gasteiger partial charge in [0.2, 0.25) is 11.8 Å². The van der Waals surface area contributed by atoms with E-state index < -0.39 is 4.92 Å². The Kier molecular flexibility index (Phi) is 7.17. The quantitative estimate of drug-likeness (QED) is 0.202. The lowest BCUT2D eigenvalue weighted by Gasteiger charge is -2.11. The molecule has 0 saturated heterocycles. The van der Waals surface area contributed by atoms with Crippen molar-refractivity contribution in [3.63, 3.8) is 0 Å². The summed E-state index contributed by atoms with van der Waals surface area (Å²) in [5.74, 6) is -0.330. The highest BCUT2D eigenvalue weighted by Gasteiger charge is 2.14. The third kappa shape index (κ3) is 6.09. The van der Waals surface area contributed by atoms with Crippen LogP contribution in [0, 0.1) is 17.0 Å². The summed E-state index contributed by atoms with van der Waals surface area (Å²) < 4.78 is 5.53. The average Bonchev–Trinajstić information content (AvgIpc) is 3.34. The van der Waals surface area contributed by atoms with Crippen molar-refractivity contribution in [2.24, 2.45) is 0 Å². The van der Waals surface area contributed by atoms with E-state index in [1.807, 2.05) is 13.0 Å². The first-order valence-electron chi connectivity index (χ1n) is 10.4. The number of hydrogen-bond donors (Lipinski definition) is 2. The Morgan fingerprint density at radius 2 is 1.74 bits per heavy atom. The zero-order valence-corrected chi connectivity index (χ0v) is 19.2. The number of nitrogens with one attached hydrogen (secondary N) is 2. The molecule has 11 heteroatoms. The van der Waals surface area contributed by atoms with E-state index in [0.29, 0.717) is 22.5 Å². The number of hydrogen-bond acceptors (Lipinski definition) is 8. The molecule has 35 heavy (non-hydrogen) atoms. The molecule has 0 spiro atoms. The Morgan fingerprint density at radius 1 is 1.00 bits per heavy atom. The second-order valence-electron chi connectivity index (χ2n) is 7.36. The topological polar surface area (TPSA) is 140 Å². The van der Waals surface area contributed by atoms with Crippen molar-refractivity contribution in [2.75, 3.05) is 16.4 Å². The number of amides is 2. The largest absolute Gasteiger partial charge is 0.411 e. The van der Waals surface area contributed by atoms with Gasteiger partial charge in [0.25, 0.3) is 16.8 Å². The van der Waals surface area contributed by atoms with Crippen molar-refractivity contribution in [1.29, 1.82) is 0 Å². The van der Waals surface area contributed by atoms with Crippen LogP contribution in [0.2, 0.25) is 0 Å². The highest BCUT2D eigenvalue weighted by molar-refractivity contribution is 7.99. The van der Waals surface area contributed by atoms with Gasteiger partial charge in [0.1, 0.15) is 0 Å². The van der Waals surface area contributed by atoms with Gasteiger partial charge >= 0.3 is 0 Å². The molecule has 0 fully saturated rings. The summed E-state index contributed by atoms with van der Waals surface area (Å²) >= 11 is 1.06. The molecule has 0 unspecified atom stereocenters. The van der Waals surface area contributed by atoms with Crippen LogP contribution < -0.4 is 10.6 Å². The van der Waals surface area contributed by atoms with Crippen LogP contribution in [0.25, 0.3) is 11.5 Å². The fourth-order valence-electron chi connectivity index (χ4n) is 3.05. The Bertz CT molecular complexity index is 1370. The summed E-state index contributed by atoms with van der Waals surface area (Å²) in [6, 6.07) is 19.8. The second-order valence-corrected chi connectivity index (χ2v) is 8.29. The summed E-state index contributed by atoms with van der Waals surface area (Å²) in [5.41, 5.74) is 3.00. The number of nitrogens with zero attached hydrogens (tertiary/aromatic N) is 3. The Morgan fingerprint density at radius 3 is 2.46 bits per heavy atom. The first-order chi connectivity index (χ1) is 16.9. The van der Waals surface area contributed by atoms with Crippen LogP contribution in [-0.4, -0.2) is 32.7 Å². The van der Waals surface area contributed by atoms with Crippen molar-refractivity contribution in [3.8, 4) is 11.5 Å². The number of nitro benzene ring substituents is 1. The lowest BCUT2D eigenvalue weighted by molar-refractivity contribution is -0.384. The van der Waals surface area contributed by atoms with Crippen molar-refractivity contribution < 1.29 is 18.9 Å². The maximum Gasteiger partial charge on any atom is 0.277 e. The fourth-order valence-corrected chi connectivity index (χ4v) is 3.62. The van der Waals surface area contributed by atoms with Gasteiger partial charge in [-0.2, -0.15) is 0 Å². The monoisotopic (exact) mass is 489 g/mol. The van der Waals surface area contributed by atoms with Gasteiger partial charge < -0.3 is 15.1 Å². The van der Waals surface area contributed by atoms with Gasteiger partial charge in [0.05, 0.1) is 10.7 Å². The molecule has 3 aromatic carbocycles. The molecular formula is C24H19N5O5S. The molecule has 0 saturated carbocycles. The van der Waals surface area contributed by atoms with Crippen LogP contribution >= 0.6 is 11.8 Å². The van der Waals surface area contributed by atoms with Gasteiger partial charge in [-0.25, -0.2) is 0 Å². The summed E-state index contributed by atoms with van der Waals surface area (Å²) in [7, 11) is 0. The Labute approximate surface area is 203 Å². The number of rotatable bonds is 8. The van der Waals surface area contributed by atoms with Gasteiger partial charge in [-0.1, -0.05) is 36.0 Å². The molecule has 10 nitrogen and oxygen atoms in total. The van der Waals surface area contributed by atoms with Gasteiger partial charge in [-0.15, -0.1) is 10.2 Å². The average molecular weight is 490 g/mol. The van der Waals surface area contributed by atoms with E-state index in [9.17, 15) is 19.7 Å².